The van der Waals surface area contributed by atoms with Crippen LogP contribution in [0.2, 0.25) is 0 Å². The largest absolute Gasteiger partial charge is 0.489 e. The lowest BCUT2D eigenvalue weighted by Crippen LogP contribution is -2.43. The summed E-state index contributed by atoms with van der Waals surface area (Å²) < 4.78 is 38.5. The summed E-state index contributed by atoms with van der Waals surface area (Å²) in [7, 11) is 1.49. The molecule has 7 nitrogen and oxygen atoms in total. The standard InChI is InChI=1S/C19H21FN4O3.CH2F2/c1-22-16(18(26)24-19(11-25)6-7-19)14-9-13(4-5-15(14)21)27-10-12-3-2-8-23-17(12)20;2-1-3/h2-5,8-9,25H,6-7,10-11,21H2,1H3,(H,24,26);1H2. The third-order valence-electron chi connectivity index (χ3n) is 4.48. The number of nitrogens with one attached hydrogen (secondary N) is 1. The molecule has 162 valence electrons. The fraction of sp³-hybridized carbons (Fsp3) is 0.350. The number of aliphatic hydroxyl groups excluding tert-OH is 1. The fourth-order valence-corrected chi connectivity index (χ4v) is 2.64. The minimum absolute atomic E-state index is 0.0124. The molecule has 1 aliphatic carbocycles. The van der Waals surface area contributed by atoms with Crippen LogP contribution >= 0.6 is 0 Å². The number of nitrogens with zero attached hydrogens (tertiary/aromatic N) is 2. The zero-order valence-electron chi connectivity index (χ0n) is 16.4. The second kappa shape index (κ2) is 10.6. The van der Waals surface area contributed by atoms with Crippen molar-refractivity contribution in [3.8, 4) is 5.75 Å². The molecule has 4 N–H and O–H groups in total. The highest BCUT2D eigenvalue weighted by Crippen LogP contribution is 2.34. The predicted molar refractivity (Wildman–Crippen MR) is 106 cm³/mol. The van der Waals surface area contributed by atoms with Crippen LogP contribution in [0.4, 0.5) is 18.9 Å². The molecule has 30 heavy (non-hydrogen) atoms. The van der Waals surface area contributed by atoms with Gasteiger partial charge in [-0.15, -0.1) is 0 Å². The van der Waals surface area contributed by atoms with Crippen molar-refractivity contribution >= 4 is 17.3 Å². The Balaban J connectivity index is 0.00000101. The van der Waals surface area contributed by atoms with E-state index in [1.807, 2.05) is 0 Å². The van der Waals surface area contributed by atoms with Crippen molar-refractivity contribution in [3.05, 3.63) is 53.6 Å². The highest BCUT2D eigenvalue weighted by molar-refractivity contribution is 6.46. The van der Waals surface area contributed by atoms with Gasteiger partial charge in [0, 0.05) is 30.1 Å². The maximum absolute atomic E-state index is 13.6. The molecule has 0 atom stereocenters. The molecule has 0 radical (unpaired) electrons. The molecule has 1 fully saturated rings. The molecule has 2 aromatic rings. The van der Waals surface area contributed by atoms with Crippen molar-refractivity contribution in [2.24, 2.45) is 4.99 Å². The van der Waals surface area contributed by atoms with Gasteiger partial charge in [-0.1, -0.05) is 0 Å². The van der Waals surface area contributed by atoms with Gasteiger partial charge in [-0.3, -0.25) is 9.79 Å². The molecular formula is C20H23F3N4O3. The summed E-state index contributed by atoms with van der Waals surface area (Å²) in [5, 5.41) is 12.2. The van der Waals surface area contributed by atoms with Crippen LogP contribution in [0.1, 0.15) is 24.0 Å². The lowest BCUT2D eigenvalue weighted by molar-refractivity contribution is -0.116. The number of hydrogen-bond acceptors (Lipinski definition) is 6. The molecule has 1 heterocycles. The van der Waals surface area contributed by atoms with Crippen molar-refractivity contribution in [1.29, 1.82) is 0 Å². The Morgan fingerprint density at radius 1 is 1.37 bits per heavy atom. The number of benzene rings is 1. The van der Waals surface area contributed by atoms with Gasteiger partial charge in [-0.05, 0) is 43.2 Å². The number of carbonyl (C=O) groups is 1. The van der Waals surface area contributed by atoms with Crippen molar-refractivity contribution in [2.75, 3.05) is 26.3 Å². The number of ether oxygens (including phenoxy) is 1. The third-order valence-corrected chi connectivity index (χ3v) is 4.48. The van der Waals surface area contributed by atoms with E-state index in [0.29, 0.717) is 22.6 Å². The summed E-state index contributed by atoms with van der Waals surface area (Å²) in [5.41, 5.74) is 6.68. The van der Waals surface area contributed by atoms with E-state index in [-0.39, 0.29) is 18.9 Å². The van der Waals surface area contributed by atoms with E-state index in [0.717, 1.165) is 12.8 Å². The van der Waals surface area contributed by atoms with Gasteiger partial charge in [0.25, 0.3) is 5.91 Å². The van der Waals surface area contributed by atoms with Gasteiger partial charge in [-0.25, -0.2) is 13.8 Å². The Labute approximate surface area is 171 Å². The van der Waals surface area contributed by atoms with Crippen LogP contribution in [-0.2, 0) is 11.4 Å². The number of rotatable bonds is 7. The minimum atomic E-state index is -1.75. The van der Waals surface area contributed by atoms with Crippen LogP contribution in [0.5, 0.6) is 5.75 Å². The number of nitrogen functional groups attached to an aromatic ring is 1. The summed E-state index contributed by atoms with van der Waals surface area (Å²) in [5.74, 6) is -0.590. The second-order valence-electron chi connectivity index (χ2n) is 6.56. The zero-order chi connectivity index (χ0) is 22.1. The van der Waals surface area contributed by atoms with Crippen LogP contribution in [-0.4, -0.2) is 47.8 Å². The first-order valence-corrected chi connectivity index (χ1v) is 9.04. The van der Waals surface area contributed by atoms with Crippen LogP contribution < -0.4 is 15.8 Å². The molecule has 0 unspecified atom stereocenters. The van der Waals surface area contributed by atoms with Gasteiger partial charge in [0.05, 0.1) is 12.1 Å². The number of carbonyl (C=O) groups excluding carboxylic acids is 1. The predicted octanol–water partition coefficient (Wildman–Crippen LogP) is 2.32. The second-order valence-corrected chi connectivity index (χ2v) is 6.56. The van der Waals surface area contributed by atoms with E-state index in [1.165, 1.54) is 13.2 Å². The van der Waals surface area contributed by atoms with Crippen molar-refractivity contribution in [1.82, 2.24) is 10.3 Å². The number of hydrogen-bond donors (Lipinski definition) is 3. The molecule has 10 heteroatoms. The van der Waals surface area contributed by atoms with Crippen molar-refractivity contribution < 1.29 is 27.8 Å². The number of aliphatic hydroxyl groups is 1. The average molecular weight is 424 g/mol. The SMILES string of the molecule is CN=C(C(=O)NC1(CO)CC1)c1cc(OCc2cccnc2F)ccc1N.FCF. The number of pyridine rings is 1. The molecule has 3 rings (SSSR count). The molecule has 1 saturated carbocycles. The quantitative estimate of drug-likeness (QED) is 0.359. The van der Waals surface area contributed by atoms with E-state index in [4.69, 9.17) is 10.5 Å². The number of amides is 1. The summed E-state index contributed by atoms with van der Waals surface area (Å²) in [4.78, 5) is 20.2. The Kier molecular flexibility index (Phi) is 8.16. The lowest BCUT2D eigenvalue weighted by atomic mass is 10.1. The molecule has 0 spiro atoms. The Bertz CT molecular complexity index is 905. The van der Waals surface area contributed by atoms with E-state index >= 15 is 0 Å². The van der Waals surface area contributed by atoms with E-state index in [9.17, 15) is 23.1 Å². The molecule has 1 aliphatic rings. The first-order valence-electron chi connectivity index (χ1n) is 9.04. The first-order chi connectivity index (χ1) is 14.4. The normalized spacial score (nSPS) is 14.4. The number of nitrogens with two attached hydrogens (primary N) is 1. The Morgan fingerprint density at radius 2 is 2.07 bits per heavy atom. The van der Waals surface area contributed by atoms with Crippen LogP contribution in [0.3, 0.4) is 0 Å². The highest BCUT2D eigenvalue weighted by atomic mass is 19.3. The van der Waals surface area contributed by atoms with Gasteiger partial charge in [-0.2, -0.15) is 4.39 Å². The molecule has 1 amide bonds. The molecular weight excluding hydrogens is 401 g/mol. The molecule has 1 aromatic carbocycles. The topological polar surface area (TPSA) is 110 Å². The van der Waals surface area contributed by atoms with Crippen molar-refractivity contribution in [2.45, 2.75) is 25.0 Å². The van der Waals surface area contributed by atoms with Crippen LogP contribution in [0.25, 0.3) is 0 Å². The Hall–Kier alpha value is -3.14. The smallest absolute Gasteiger partial charge is 0.270 e. The molecule has 0 saturated heterocycles. The van der Waals surface area contributed by atoms with E-state index < -0.39 is 24.3 Å². The van der Waals surface area contributed by atoms with Crippen LogP contribution in [0.15, 0.2) is 41.5 Å². The van der Waals surface area contributed by atoms with Gasteiger partial charge >= 0.3 is 0 Å². The van der Waals surface area contributed by atoms with E-state index in [2.05, 4.69) is 15.3 Å². The monoisotopic (exact) mass is 424 g/mol. The maximum atomic E-state index is 13.6. The summed E-state index contributed by atoms with van der Waals surface area (Å²) in [6.07, 6.45) is 2.81. The number of anilines is 1. The Morgan fingerprint density at radius 3 is 2.63 bits per heavy atom. The fourth-order valence-electron chi connectivity index (χ4n) is 2.64. The third kappa shape index (κ3) is 5.93. The van der Waals surface area contributed by atoms with Gasteiger partial charge in [0.2, 0.25) is 12.9 Å². The average Bonchev–Trinajstić information content (AvgIpc) is 3.50. The van der Waals surface area contributed by atoms with E-state index in [1.54, 1.807) is 30.3 Å². The van der Waals surface area contributed by atoms with Gasteiger partial charge in [0.1, 0.15) is 18.1 Å². The molecule has 0 aliphatic heterocycles. The number of aliphatic imine (C=N–C) groups is 1. The lowest BCUT2D eigenvalue weighted by Gasteiger charge is -2.17. The molecule has 0 bridgehead atoms. The zero-order valence-corrected chi connectivity index (χ0v) is 16.4. The number of aromatic nitrogens is 1. The summed E-state index contributed by atoms with van der Waals surface area (Å²) in [6, 6.07) is 8.02. The minimum Gasteiger partial charge on any atom is -0.489 e. The molecule has 1 aromatic heterocycles. The summed E-state index contributed by atoms with van der Waals surface area (Å²) in [6.45, 7) is -1.88. The van der Waals surface area contributed by atoms with Crippen LogP contribution in [0, 0.1) is 5.95 Å². The first kappa shape index (κ1) is 23.1. The number of alkyl halides is 2. The van der Waals surface area contributed by atoms with Gasteiger partial charge in [0.15, 0.2) is 0 Å². The van der Waals surface area contributed by atoms with Gasteiger partial charge < -0.3 is 20.9 Å². The maximum Gasteiger partial charge on any atom is 0.270 e. The number of halogens is 3. The summed E-state index contributed by atoms with van der Waals surface area (Å²) >= 11 is 0. The highest BCUT2D eigenvalue weighted by Gasteiger charge is 2.44. The van der Waals surface area contributed by atoms with Crippen molar-refractivity contribution in [3.63, 3.8) is 0 Å².